The zero-order chi connectivity index (χ0) is 13.9. The molecule has 0 saturated heterocycles. The van der Waals surface area contributed by atoms with Gasteiger partial charge in [0.2, 0.25) is 0 Å². The lowest BCUT2D eigenvalue weighted by Crippen LogP contribution is -2.11. The molecule has 1 aliphatic carbocycles. The standard InChI is InChI=1S/C18H20O2/c1-13-5-2-6-14(11-13)12-20-18-10-4-7-15-16(18)8-3-9-17(15)19/h2,4-7,10-11,17,19H,3,8-9,12H2,1H3. The lowest BCUT2D eigenvalue weighted by atomic mass is 9.89. The van der Waals surface area contributed by atoms with E-state index in [0.29, 0.717) is 6.61 Å². The van der Waals surface area contributed by atoms with Gasteiger partial charge in [0.05, 0.1) is 6.10 Å². The lowest BCUT2D eigenvalue weighted by Gasteiger charge is -2.23. The number of benzene rings is 2. The van der Waals surface area contributed by atoms with Crippen molar-refractivity contribution in [3.63, 3.8) is 0 Å². The Bertz CT molecular complexity index is 604. The van der Waals surface area contributed by atoms with Gasteiger partial charge in [0.1, 0.15) is 12.4 Å². The van der Waals surface area contributed by atoms with E-state index in [1.165, 1.54) is 16.7 Å². The van der Waals surface area contributed by atoms with E-state index in [0.717, 1.165) is 30.6 Å². The second-order valence-corrected chi connectivity index (χ2v) is 5.51. The highest BCUT2D eigenvalue weighted by molar-refractivity contribution is 5.43. The minimum atomic E-state index is -0.332. The summed E-state index contributed by atoms with van der Waals surface area (Å²) in [6, 6.07) is 14.4. The minimum absolute atomic E-state index is 0.332. The monoisotopic (exact) mass is 268 g/mol. The number of rotatable bonds is 3. The Morgan fingerprint density at radius 1 is 1.20 bits per heavy atom. The number of aliphatic hydroxyl groups is 1. The molecule has 0 saturated carbocycles. The molecule has 0 fully saturated rings. The van der Waals surface area contributed by atoms with Crippen molar-refractivity contribution in [2.45, 2.75) is 38.9 Å². The van der Waals surface area contributed by atoms with Crippen LogP contribution in [-0.2, 0) is 13.0 Å². The molecule has 2 aromatic rings. The summed E-state index contributed by atoms with van der Waals surface area (Å²) in [6.45, 7) is 2.67. The maximum atomic E-state index is 10.1. The van der Waals surface area contributed by atoms with E-state index in [4.69, 9.17) is 4.74 Å². The van der Waals surface area contributed by atoms with Gasteiger partial charge in [-0.15, -0.1) is 0 Å². The van der Waals surface area contributed by atoms with Crippen LogP contribution < -0.4 is 4.74 Å². The molecule has 1 N–H and O–H groups in total. The summed E-state index contributed by atoms with van der Waals surface area (Å²) < 4.78 is 5.98. The Balaban J connectivity index is 1.80. The van der Waals surface area contributed by atoms with Crippen molar-refractivity contribution in [3.05, 3.63) is 64.7 Å². The molecule has 0 aliphatic heterocycles. The fourth-order valence-electron chi connectivity index (χ4n) is 2.89. The van der Waals surface area contributed by atoms with Gasteiger partial charge in [-0.05, 0) is 48.9 Å². The van der Waals surface area contributed by atoms with Gasteiger partial charge in [-0.25, -0.2) is 0 Å². The van der Waals surface area contributed by atoms with Crippen LogP contribution in [0.2, 0.25) is 0 Å². The first kappa shape index (κ1) is 13.2. The topological polar surface area (TPSA) is 29.5 Å². The molecule has 0 radical (unpaired) electrons. The average molecular weight is 268 g/mol. The van der Waals surface area contributed by atoms with E-state index in [-0.39, 0.29) is 6.10 Å². The van der Waals surface area contributed by atoms with Gasteiger partial charge in [0.25, 0.3) is 0 Å². The molecule has 1 aliphatic rings. The maximum absolute atomic E-state index is 10.1. The molecule has 1 unspecified atom stereocenters. The Labute approximate surface area is 120 Å². The quantitative estimate of drug-likeness (QED) is 0.913. The van der Waals surface area contributed by atoms with Crippen LogP contribution in [-0.4, -0.2) is 5.11 Å². The van der Waals surface area contributed by atoms with E-state index < -0.39 is 0 Å². The van der Waals surface area contributed by atoms with Crippen LogP contribution in [0.3, 0.4) is 0 Å². The van der Waals surface area contributed by atoms with Crippen molar-refractivity contribution in [2.24, 2.45) is 0 Å². The number of ether oxygens (including phenoxy) is 1. The predicted molar refractivity (Wildman–Crippen MR) is 79.9 cm³/mol. The second-order valence-electron chi connectivity index (χ2n) is 5.51. The van der Waals surface area contributed by atoms with Crippen LogP contribution >= 0.6 is 0 Å². The molecule has 0 bridgehead atoms. The molecule has 0 amide bonds. The number of hydrogen-bond acceptors (Lipinski definition) is 2. The first-order chi connectivity index (χ1) is 9.74. The largest absolute Gasteiger partial charge is 0.489 e. The molecule has 3 rings (SSSR count). The Kier molecular flexibility index (Phi) is 3.75. The van der Waals surface area contributed by atoms with E-state index in [1.807, 2.05) is 18.2 Å². The van der Waals surface area contributed by atoms with Crippen molar-refractivity contribution >= 4 is 0 Å². The highest BCUT2D eigenvalue weighted by Crippen LogP contribution is 2.35. The van der Waals surface area contributed by atoms with Crippen molar-refractivity contribution in [3.8, 4) is 5.75 Å². The van der Waals surface area contributed by atoms with Crippen molar-refractivity contribution in [2.75, 3.05) is 0 Å². The highest BCUT2D eigenvalue weighted by atomic mass is 16.5. The van der Waals surface area contributed by atoms with Crippen molar-refractivity contribution < 1.29 is 9.84 Å². The van der Waals surface area contributed by atoms with Crippen LogP contribution in [0, 0.1) is 6.92 Å². The van der Waals surface area contributed by atoms with Crippen LogP contribution in [0.25, 0.3) is 0 Å². The van der Waals surface area contributed by atoms with E-state index in [2.05, 4.69) is 31.2 Å². The number of aryl methyl sites for hydroxylation is 1. The molecule has 0 spiro atoms. The van der Waals surface area contributed by atoms with Crippen LogP contribution in [0.1, 0.15) is 41.2 Å². The Hall–Kier alpha value is -1.80. The smallest absolute Gasteiger partial charge is 0.123 e. The maximum Gasteiger partial charge on any atom is 0.123 e. The highest BCUT2D eigenvalue weighted by Gasteiger charge is 2.20. The summed E-state index contributed by atoms with van der Waals surface area (Å²) in [6.07, 6.45) is 2.55. The van der Waals surface area contributed by atoms with E-state index in [1.54, 1.807) is 0 Å². The van der Waals surface area contributed by atoms with Crippen molar-refractivity contribution in [1.82, 2.24) is 0 Å². The first-order valence-corrected chi connectivity index (χ1v) is 7.22. The Morgan fingerprint density at radius 3 is 2.90 bits per heavy atom. The van der Waals surface area contributed by atoms with Crippen molar-refractivity contribution in [1.29, 1.82) is 0 Å². The SMILES string of the molecule is Cc1cccc(COc2cccc3c2CCCC3O)c1. The number of aliphatic hydroxyl groups excluding tert-OH is 1. The van der Waals surface area contributed by atoms with Crippen LogP contribution in [0.15, 0.2) is 42.5 Å². The zero-order valence-electron chi connectivity index (χ0n) is 11.8. The minimum Gasteiger partial charge on any atom is -0.489 e. The molecule has 2 heteroatoms. The third-order valence-corrected chi connectivity index (χ3v) is 3.91. The summed E-state index contributed by atoms with van der Waals surface area (Å²) in [7, 11) is 0. The van der Waals surface area contributed by atoms with Gasteiger partial charge in [0.15, 0.2) is 0 Å². The molecule has 2 nitrogen and oxygen atoms in total. The zero-order valence-corrected chi connectivity index (χ0v) is 11.8. The second kappa shape index (κ2) is 5.68. The number of fused-ring (bicyclic) bond motifs is 1. The molecule has 20 heavy (non-hydrogen) atoms. The molecule has 1 atom stereocenters. The molecular formula is C18H20O2. The normalized spacial score (nSPS) is 17.6. The van der Waals surface area contributed by atoms with Gasteiger partial charge in [0, 0.05) is 0 Å². The third kappa shape index (κ3) is 2.70. The summed E-state index contributed by atoms with van der Waals surface area (Å²) in [5, 5.41) is 10.1. The number of hydrogen-bond donors (Lipinski definition) is 1. The molecule has 104 valence electrons. The molecular weight excluding hydrogens is 248 g/mol. The summed E-state index contributed by atoms with van der Waals surface area (Å²) >= 11 is 0. The van der Waals surface area contributed by atoms with Gasteiger partial charge >= 0.3 is 0 Å². The lowest BCUT2D eigenvalue weighted by molar-refractivity contribution is 0.155. The fraction of sp³-hybridized carbons (Fsp3) is 0.333. The predicted octanol–water partition coefficient (Wildman–Crippen LogP) is 3.94. The third-order valence-electron chi connectivity index (χ3n) is 3.91. The molecule has 2 aromatic carbocycles. The van der Waals surface area contributed by atoms with Gasteiger partial charge in [-0.1, -0.05) is 42.0 Å². The molecule has 0 heterocycles. The van der Waals surface area contributed by atoms with E-state index >= 15 is 0 Å². The first-order valence-electron chi connectivity index (χ1n) is 7.22. The molecule has 0 aromatic heterocycles. The van der Waals surface area contributed by atoms with E-state index in [9.17, 15) is 5.11 Å². The van der Waals surface area contributed by atoms with Gasteiger partial charge < -0.3 is 9.84 Å². The van der Waals surface area contributed by atoms with Crippen LogP contribution in [0.4, 0.5) is 0 Å². The average Bonchev–Trinajstić information content (AvgIpc) is 2.46. The summed E-state index contributed by atoms with van der Waals surface area (Å²) in [5.74, 6) is 0.919. The van der Waals surface area contributed by atoms with Gasteiger partial charge in [-0.3, -0.25) is 0 Å². The van der Waals surface area contributed by atoms with Crippen LogP contribution in [0.5, 0.6) is 5.75 Å². The van der Waals surface area contributed by atoms with Gasteiger partial charge in [-0.2, -0.15) is 0 Å². The Morgan fingerprint density at radius 2 is 2.05 bits per heavy atom. The fourth-order valence-corrected chi connectivity index (χ4v) is 2.89. The summed E-state index contributed by atoms with van der Waals surface area (Å²) in [5.41, 5.74) is 4.65. The summed E-state index contributed by atoms with van der Waals surface area (Å²) in [4.78, 5) is 0.